The van der Waals surface area contributed by atoms with E-state index in [-0.39, 0.29) is 5.91 Å². The van der Waals surface area contributed by atoms with Crippen molar-refractivity contribution in [3.8, 4) is 0 Å². The van der Waals surface area contributed by atoms with E-state index in [1.54, 1.807) is 0 Å². The lowest BCUT2D eigenvalue weighted by Gasteiger charge is -2.22. The van der Waals surface area contributed by atoms with Crippen LogP contribution in [0.25, 0.3) is 0 Å². The highest BCUT2D eigenvalue weighted by molar-refractivity contribution is 7.99. The molecular weight excluding hydrogens is 224 g/mol. The number of thioether (sulfide) groups is 1. The minimum absolute atomic E-state index is 0.150. The molecular formula is C11H22N2O2S. The van der Waals surface area contributed by atoms with E-state index >= 15 is 0 Å². The van der Waals surface area contributed by atoms with E-state index in [1.807, 2.05) is 18.7 Å². The molecule has 1 amide bonds. The maximum absolute atomic E-state index is 11.5. The molecule has 0 aromatic heterocycles. The van der Waals surface area contributed by atoms with E-state index < -0.39 is 0 Å². The number of ether oxygens (including phenoxy) is 1. The summed E-state index contributed by atoms with van der Waals surface area (Å²) in [7, 11) is 0. The molecule has 0 aromatic carbocycles. The van der Waals surface area contributed by atoms with Crippen LogP contribution in [0.3, 0.4) is 0 Å². The molecule has 0 spiro atoms. The van der Waals surface area contributed by atoms with Gasteiger partial charge in [-0.05, 0) is 13.3 Å². The van der Waals surface area contributed by atoms with Crippen LogP contribution < -0.4 is 10.6 Å². The number of amides is 1. The van der Waals surface area contributed by atoms with Crippen molar-refractivity contribution < 1.29 is 9.53 Å². The van der Waals surface area contributed by atoms with Crippen molar-refractivity contribution in [2.45, 2.75) is 25.8 Å². The molecule has 1 heterocycles. The zero-order chi connectivity index (χ0) is 11.6. The summed E-state index contributed by atoms with van der Waals surface area (Å²) >= 11 is 1.92. The standard InChI is InChI=1S/C11H22N2O2S/c1-2-15-6-3-4-13-11(14)8-10-9-16-7-5-12-10/h10,12H,2-9H2,1H3,(H,13,14). The molecule has 0 radical (unpaired) electrons. The highest BCUT2D eigenvalue weighted by Crippen LogP contribution is 2.09. The van der Waals surface area contributed by atoms with Crippen molar-refractivity contribution in [1.29, 1.82) is 0 Å². The van der Waals surface area contributed by atoms with E-state index in [4.69, 9.17) is 4.74 Å². The van der Waals surface area contributed by atoms with Crippen molar-refractivity contribution in [2.75, 3.05) is 37.8 Å². The zero-order valence-electron chi connectivity index (χ0n) is 9.96. The lowest BCUT2D eigenvalue weighted by Crippen LogP contribution is -2.41. The normalized spacial score (nSPS) is 20.7. The summed E-state index contributed by atoms with van der Waals surface area (Å²) < 4.78 is 5.20. The molecule has 0 bridgehead atoms. The van der Waals surface area contributed by atoms with E-state index in [0.717, 1.165) is 44.2 Å². The predicted octanol–water partition coefficient (Wildman–Crippen LogP) is 0.624. The van der Waals surface area contributed by atoms with Crippen LogP contribution >= 0.6 is 11.8 Å². The summed E-state index contributed by atoms with van der Waals surface area (Å²) in [5.74, 6) is 2.36. The van der Waals surface area contributed by atoms with Gasteiger partial charge in [0.2, 0.25) is 5.91 Å². The predicted molar refractivity (Wildman–Crippen MR) is 67.9 cm³/mol. The molecule has 1 aliphatic rings. The van der Waals surface area contributed by atoms with Gasteiger partial charge in [0.25, 0.3) is 0 Å². The first-order valence-corrected chi connectivity index (χ1v) is 7.14. The molecule has 1 unspecified atom stereocenters. The third-order valence-corrected chi connectivity index (χ3v) is 3.55. The van der Waals surface area contributed by atoms with Gasteiger partial charge in [0.15, 0.2) is 0 Å². The van der Waals surface area contributed by atoms with E-state index in [9.17, 15) is 4.79 Å². The number of carbonyl (C=O) groups is 1. The van der Waals surface area contributed by atoms with Crippen LogP contribution in [0.1, 0.15) is 19.8 Å². The van der Waals surface area contributed by atoms with Crippen LogP contribution in [-0.2, 0) is 9.53 Å². The molecule has 2 N–H and O–H groups in total. The molecule has 94 valence electrons. The number of hydrogen-bond donors (Lipinski definition) is 2. The first kappa shape index (κ1) is 13.8. The van der Waals surface area contributed by atoms with Gasteiger partial charge in [-0.1, -0.05) is 0 Å². The molecule has 1 aliphatic heterocycles. The lowest BCUT2D eigenvalue weighted by molar-refractivity contribution is -0.121. The van der Waals surface area contributed by atoms with Gasteiger partial charge in [-0.15, -0.1) is 0 Å². The smallest absolute Gasteiger partial charge is 0.221 e. The summed E-state index contributed by atoms with van der Waals surface area (Å²) in [6, 6.07) is 0.352. The van der Waals surface area contributed by atoms with Gasteiger partial charge in [0.1, 0.15) is 0 Å². The van der Waals surface area contributed by atoms with Crippen LogP contribution in [0.15, 0.2) is 0 Å². The lowest BCUT2D eigenvalue weighted by atomic mass is 10.2. The van der Waals surface area contributed by atoms with Gasteiger partial charge < -0.3 is 15.4 Å². The molecule has 0 saturated carbocycles. The fraction of sp³-hybridized carbons (Fsp3) is 0.909. The average molecular weight is 246 g/mol. The second-order valence-electron chi connectivity index (χ2n) is 3.83. The number of carbonyl (C=O) groups excluding carboxylic acids is 1. The largest absolute Gasteiger partial charge is 0.382 e. The maximum Gasteiger partial charge on any atom is 0.221 e. The first-order chi connectivity index (χ1) is 7.83. The highest BCUT2D eigenvalue weighted by atomic mass is 32.2. The second kappa shape index (κ2) is 8.84. The number of nitrogens with one attached hydrogen (secondary N) is 2. The summed E-state index contributed by atoms with van der Waals surface area (Å²) in [5.41, 5.74) is 0. The van der Waals surface area contributed by atoms with Gasteiger partial charge in [-0.3, -0.25) is 4.79 Å². The Kier molecular flexibility index (Phi) is 7.63. The Morgan fingerprint density at radius 2 is 2.50 bits per heavy atom. The van der Waals surface area contributed by atoms with Gasteiger partial charge >= 0.3 is 0 Å². The van der Waals surface area contributed by atoms with Crippen molar-refractivity contribution in [2.24, 2.45) is 0 Å². The number of rotatable bonds is 7. The molecule has 0 aromatic rings. The summed E-state index contributed by atoms with van der Waals surface area (Å²) in [4.78, 5) is 11.5. The van der Waals surface area contributed by atoms with Crippen molar-refractivity contribution in [3.63, 3.8) is 0 Å². The van der Waals surface area contributed by atoms with E-state index in [1.165, 1.54) is 0 Å². The van der Waals surface area contributed by atoms with Crippen LogP contribution in [0.2, 0.25) is 0 Å². The molecule has 16 heavy (non-hydrogen) atoms. The topological polar surface area (TPSA) is 50.4 Å². The van der Waals surface area contributed by atoms with Crippen LogP contribution in [0, 0.1) is 0 Å². The van der Waals surface area contributed by atoms with Crippen molar-refractivity contribution >= 4 is 17.7 Å². The van der Waals surface area contributed by atoms with Crippen LogP contribution in [-0.4, -0.2) is 49.8 Å². The van der Waals surface area contributed by atoms with Gasteiger partial charge in [-0.25, -0.2) is 0 Å². The third kappa shape index (κ3) is 6.35. The fourth-order valence-corrected chi connectivity index (χ4v) is 2.54. The molecule has 1 saturated heterocycles. The van der Waals surface area contributed by atoms with Crippen molar-refractivity contribution in [3.05, 3.63) is 0 Å². The Bertz CT molecular complexity index is 196. The quantitative estimate of drug-likeness (QED) is 0.647. The Hall–Kier alpha value is -0.260. The Morgan fingerprint density at radius 3 is 3.19 bits per heavy atom. The molecule has 1 fully saturated rings. The zero-order valence-corrected chi connectivity index (χ0v) is 10.8. The molecule has 1 rings (SSSR count). The molecule has 0 aliphatic carbocycles. The number of hydrogen-bond acceptors (Lipinski definition) is 4. The third-order valence-electron chi connectivity index (χ3n) is 2.42. The minimum Gasteiger partial charge on any atom is -0.382 e. The summed E-state index contributed by atoms with van der Waals surface area (Å²) in [6.45, 7) is 5.20. The molecule has 1 atom stereocenters. The first-order valence-electron chi connectivity index (χ1n) is 5.98. The monoisotopic (exact) mass is 246 g/mol. The van der Waals surface area contributed by atoms with Gasteiger partial charge in [-0.2, -0.15) is 11.8 Å². The van der Waals surface area contributed by atoms with Crippen LogP contribution in [0.4, 0.5) is 0 Å². The highest BCUT2D eigenvalue weighted by Gasteiger charge is 2.15. The fourth-order valence-electron chi connectivity index (χ4n) is 1.59. The van der Waals surface area contributed by atoms with Gasteiger partial charge in [0, 0.05) is 50.3 Å². The maximum atomic E-state index is 11.5. The second-order valence-corrected chi connectivity index (χ2v) is 4.98. The van der Waals surface area contributed by atoms with E-state index in [2.05, 4.69) is 10.6 Å². The molecule has 5 heteroatoms. The Labute approximate surface area is 102 Å². The molecule has 4 nitrogen and oxygen atoms in total. The minimum atomic E-state index is 0.150. The van der Waals surface area contributed by atoms with Crippen LogP contribution in [0.5, 0.6) is 0 Å². The Balaban J connectivity index is 1.97. The Morgan fingerprint density at radius 1 is 1.62 bits per heavy atom. The van der Waals surface area contributed by atoms with Gasteiger partial charge in [0.05, 0.1) is 0 Å². The van der Waals surface area contributed by atoms with E-state index in [0.29, 0.717) is 12.5 Å². The average Bonchev–Trinajstić information content (AvgIpc) is 2.30. The summed E-state index contributed by atoms with van der Waals surface area (Å²) in [5, 5.41) is 6.28. The SMILES string of the molecule is CCOCCCNC(=O)CC1CSCCN1. The van der Waals surface area contributed by atoms with Crippen molar-refractivity contribution in [1.82, 2.24) is 10.6 Å². The summed E-state index contributed by atoms with van der Waals surface area (Å²) in [6.07, 6.45) is 1.49.